The van der Waals surface area contributed by atoms with Gasteiger partial charge in [0.15, 0.2) is 0 Å². The van der Waals surface area contributed by atoms with Gasteiger partial charge in [0, 0.05) is 6.42 Å². The maximum absolute atomic E-state index is 12.1. The van der Waals surface area contributed by atoms with Crippen LogP contribution in [0.1, 0.15) is 54.4 Å². The van der Waals surface area contributed by atoms with Crippen molar-refractivity contribution in [3.05, 3.63) is 0 Å². The summed E-state index contributed by atoms with van der Waals surface area (Å²) in [6, 6.07) is -0.519. The van der Waals surface area contributed by atoms with Crippen LogP contribution < -0.4 is 0 Å². The molecule has 0 N–H and O–H groups in total. The molecule has 1 heterocycles. The van der Waals surface area contributed by atoms with Crippen LogP contribution in [0.5, 0.6) is 0 Å². The zero-order valence-electron chi connectivity index (χ0n) is 14.1. The lowest BCUT2D eigenvalue weighted by molar-refractivity contribution is -0.128. The van der Waals surface area contributed by atoms with E-state index in [1.54, 1.807) is 41.5 Å². The third kappa shape index (κ3) is 5.91. The van der Waals surface area contributed by atoms with Crippen molar-refractivity contribution in [3.8, 4) is 0 Å². The summed E-state index contributed by atoms with van der Waals surface area (Å²) in [6.45, 7) is 10.2. The molecule has 0 aromatic carbocycles. The first-order valence-corrected chi connectivity index (χ1v) is 7.30. The summed E-state index contributed by atoms with van der Waals surface area (Å²) in [4.78, 5) is 36.5. The topological polar surface area (TPSA) is 82.1 Å². The molecule has 126 valence electrons. The molecule has 0 radical (unpaired) electrons. The van der Waals surface area contributed by atoms with Crippen LogP contribution >= 0.6 is 0 Å². The number of carbonyl (C=O) groups is 3. The predicted molar refractivity (Wildman–Crippen MR) is 78.3 cm³/mol. The molecule has 0 aromatic rings. The van der Waals surface area contributed by atoms with E-state index >= 15 is 0 Å². The number of hydrogen-bond acceptors (Lipinski definition) is 6. The lowest BCUT2D eigenvalue weighted by Crippen LogP contribution is -2.44. The van der Waals surface area contributed by atoms with Gasteiger partial charge in [0.25, 0.3) is 0 Å². The summed E-state index contributed by atoms with van der Waals surface area (Å²) in [7, 11) is 0. The first-order valence-electron chi connectivity index (χ1n) is 7.30. The van der Waals surface area contributed by atoms with Gasteiger partial charge in [-0.3, -0.25) is 4.79 Å². The Bertz CT molecular complexity index is 446. The van der Waals surface area contributed by atoms with E-state index in [1.807, 2.05) is 0 Å². The molecule has 1 aliphatic rings. The summed E-state index contributed by atoms with van der Waals surface area (Å²) in [5.74, 6) is -0.327. The molecule has 0 spiro atoms. The van der Waals surface area contributed by atoms with Gasteiger partial charge < -0.3 is 14.2 Å². The van der Waals surface area contributed by atoms with E-state index in [9.17, 15) is 14.4 Å². The van der Waals surface area contributed by atoms with E-state index in [0.717, 1.165) is 4.90 Å². The first kappa shape index (κ1) is 18.3. The van der Waals surface area contributed by atoms with Crippen LogP contribution in [0, 0.1) is 0 Å². The Balaban J connectivity index is 2.60. The molecule has 7 nitrogen and oxygen atoms in total. The van der Waals surface area contributed by atoms with Crippen LogP contribution in [0.4, 0.5) is 9.59 Å². The molecule has 22 heavy (non-hydrogen) atoms. The molecular weight excluding hydrogens is 290 g/mol. The predicted octanol–water partition coefficient (Wildman–Crippen LogP) is 2.86. The molecule has 1 atom stereocenters. The molecule has 1 aliphatic heterocycles. The normalized spacial score (nSPS) is 19.1. The number of likely N-dealkylation sites (tertiary alicyclic amines) is 1. The van der Waals surface area contributed by atoms with Crippen LogP contribution in [-0.2, 0) is 19.0 Å². The fourth-order valence-corrected chi connectivity index (χ4v) is 1.91. The van der Waals surface area contributed by atoms with Crippen molar-refractivity contribution in [3.63, 3.8) is 0 Å². The van der Waals surface area contributed by atoms with Crippen LogP contribution in [0.15, 0.2) is 0 Å². The highest BCUT2D eigenvalue weighted by Crippen LogP contribution is 2.22. The van der Waals surface area contributed by atoms with E-state index in [2.05, 4.69) is 0 Å². The SMILES string of the molecule is CC(C)(C)OC(=O)OCC1CCC(=O)N1C(=O)OC(C)(C)C. The fourth-order valence-electron chi connectivity index (χ4n) is 1.91. The van der Waals surface area contributed by atoms with Crippen molar-refractivity contribution >= 4 is 18.2 Å². The van der Waals surface area contributed by atoms with Gasteiger partial charge in [-0.1, -0.05) is 0 Å². The number of rotatable bonds is 2. The van der Waals surface area contributed by atoms with Gasteiger partial charge in [-0.15, -0.1) is 0 Å². The van der Waals surface area contributed by atoms with Crippen molar-refractivity contribution in [1.29, 1.82) is 0 Å². The van der Waals surface area contributed by atoms with E-state index in [1.165, 1.54) is 0 Å². The Hall–Kier alpha value is -1.79. The fraction of sp³-hybridized carbons (Fsp3) is 0.800. The molecule has 1 saturated heterocycles. The Morgan fingerprint density at radius 3 is 2.14 bits per heavy atom. The van der Waals surface area contributed by atoms with E-state index in [4.69, 9.17) is 14.2 Å². The highest BCUT2D eigenvalue weighted by atomic mass is 16.7. The second-order valence-electron chi connectivity index (χ2n) is 7.21. The molecule has 0 aliphatic carbocycles. The minimum absolute atomic E-state index is 0.0973. The molecule has 7 heteroatoms. The zero-order valence-corrected chi connectivity index (χ0v) is 14.1. The monoisotopic (exact) mass is 315 g/mol. The van der Waals surface area contributed by atoms with Gasteiger partial charge in [-0.25, -0.2) is 14.5 Å². The Morgan fingerprint density at radius 2 is 1.64 bits per heavy atom. The highest BCUT2D eigenvalue weighted by Gasteiger charge is 2.39. The van der Waals surface area contributed by atoms with Crippen LogP contribution in [0.3, 0.4) is 0 Å². The molecule has 1 rings (SSSR count). The van der Waals surface area contributed by atoms with Crippen molar-refractivity contribution in [2.75, 3.05) is 6.61 Å². The maximum Gasteiger partial charge on any atom is 0.508 e. The third-order valence-corrected chi connectivity index (χ3v) is 2.70. The lowest BCUT2D eigenvalue weighted by atomic mass is 10.2. The van der Waals surface area contributed by atoms with Crippen molar-refractivity contribution < 1.29 is 28.6 Å². The number of imide groups is 1. The quantitative estimate of drug-likeness (QED) is 0.729. The number of hydrogen-bond donors (Lipinski definition) is 0. The number of ether oxygens (including phenoxy) is 3. The largest absolute Gasteiger partial charge is 0.508 e. The summed E-state index contributed by atoms with van der Waals surface area (Å²) in [5, 5.41) is 0. The second-order valence-corrected chi connectivity index (χ2v) is 7.21. The van der Waals surface area contributed by atoms with Gasteiger partial charge in [0.2, 0.25) is 5.91 Å². The van der Waals surface area contributed by atoms with E-state index in [0.29, 0.717) is 6.42 Å². The average molecular weight is 315 g/mol. The standard InChI is InChI=1S/C15H25NO6/c1-14(2,3)21-12(18)16-10(7-8-11(16)17)9-20-13(19)22-15(4,5)6/h10H,7-9H2,1-6H3. The Kier molecular flexibility index (Phi) is 5.43. The van der Waals surface area contributed by atoms with Crippen LogP contribution in [0.25, 0.3) is 0 Å². The molecule has 0 bridgehead atoms. The lowest BCUT2D eigenvalue weighted by Gasteiger charge is -2.27. The van der Waals surface area contributed by atoms with Crippen molar-refractivity contribution in [2.45, 2.75) is 71.6 Å². The first-order chi connectivity index (χ1) is 9.89. The van der Waals surface area contributed by atoms with Gasteiger partial charge in [0.1, 0.15) is 17.8 Å². The maximum atomic E-state index is 12.1. The molecule has 0 saturated carbocycles. The number of amides is 2. The van der Waals surface area contributed by atoms with E-state index < -0.39 is 29.5 Å². The Labute approximate surface area is 130 Å². The smallest absolute Gasteiger partial charge is 0.443 e. The Morgan fingerprint density at radius 1 is 1.09 bits per heavy atom. The van der Waals surface area contributed by atoms with E-state index in [-0.39, 0.29) is 18.9 Å². The van der Waals surface area contributed by atoms with Crippen LogP contribution in [0.2, 0.25) is 0 Å². The minimum atomic E-state index is -0.823. The van der Waals surface area contributed by atoms with Gasteiger partial charge in [0.05, 0.1) is 6.04 Å². The van der Waals surface area contributed by atoms with Crippen molar-refractivity contribution in [2.24, 2.45) is 0 Å². The van der Waals surface area contributed by atoms with Crippen LogP contribution in [-0.4, -0.2) is 46.9 Å². The number of carbonyl (C=O) groups excluding carboxylic acids is 3. The van der Waals surface area contributed by atoms with Gasteiger partial charge >= 0.3 is 12.2 Å². The molecule has 0 aromatic heterocycles. The molecule has 1 unspecified atom stereocenters. The zero-order chi connectivity index (χ0) is 17.1. The summed E-state index contributed by atoms with van der Waals surface area (Å²) in [5.41, 5.74) is -1.36. The molecular formula is C15H25NO6. The third-order valence-electron chi connectivity index (χ3n) is 2.70. The van der Waals surface area contributed by atoms with Gasteiger partial charge in [-0.05, 0) is 48.0 Å². The van der Waals surface area contributed by atoms with Crippen molar-refractivity contribution in [1.82, 2.24) is 4.90 Å². The second kappa shape index (κ2) is 6.54. The minimum Gasteiger partial charge on any atom is -0.443 e. The summed E-state index contributed by atoms with van der Waals surface area (Å²) >= 11 is 0. The highest BCUT2D eigenvalue weighted by molar-refractivity contribution is 5.94. The summed E-state index contributed by atoms with van der Waals surface area (Å²) in [6.07, 6.45) is -0.883. The molecule has 1 fully saturated rings. The van der Waals surface area contributed by atoms with Gasteiger partial charge in [-0.2, -0.15) is 0 Å². The number of nitrogens with zero attached hydrogens (tertiary/aromatic N) is 1. The summed E-state index contributed by atoms with van der Waals surface area (Å²) < 4.78 is 15.2. The molecule has 2 amide bonds. The average Bonchev–Trinajstić information content (AvgIpc) is 2.63.